The summed E-state index contributed by atoms with van der Waals surface area (Å²) in [5, 5.41) is 8.60. The number of nitrogens with one attached hydrogen (secondary N) is 2. The highest BCUT2D eigenvalue weighted by atomic mass is 32.1. The molecule has 2 rings (SSSR count). The van der Waals surface area contributed by atoms with Gasteiger partial charge in [0.1, 0.15) is 6.26 Å². The van der Waals surface area contributed by atoms with Crippen LogP contribution in [-0.4, -0.2) is 10.3 Å². The summed E-state index contributed by atoms with van der Waals surface area (Å²) in [4.78, 5) is 0. The van der Waals surface area contributed by atoms with Gasteiger partial charge in [0.05, 0.1) is 11.3 Å². The van der Waals surface area contributed by atoms with Gasteiger partial charge in [-0.3, -0.25) is 0 Å². The minimum atomic E-state index is -4.45. The molecule has 0 amide bonds. The molecule has 100 valence electrons. The molecular weight excluding hydrogens is 279 g/mol. The van der Waals surface area contributed by atoms with Crippen molar-refractivity contribution >= 4 is 28.8 Å². The Balaban J connectivity index is 2.13. The molecule has 0 aliphatic carbocycles. The first-order chi connectivity index (χ1) is 8.97. The van der Waals surface area contributed by atoms with Gasteiger partial charge in [-0.25, -0.2) is 0 Å². The van der Waals surface area contributed by atoms with E-state index in [9.17, 15) is 13.2 Å². The number of aromatic nitrogens is 1. The summed E-state index contributed by atoms with van der Waals surface area (Å²) in [6.45, 7) is 0. The van der Waals surface area contributed by atoms with Crippen molar-refractivity contribution in [2.45, 2.75) is 6.18 Å². The summed E-state index contributed by atoms with van der Waals surface area (Å²) < 4.78 is 42.8. The average molecular weight is 287 g/mol. The monoisotopic (exact) mass is 287 g/mol. The second-order valence-corrected chi connectivity index (χ2v) is 3.92. The second-order valence-electron chi connectivity index (χ2n) is 3.51. The van der Waals surface area contributed by atoms with Crippen LogP contribution in [0.1, 0.15) is 5.56 Å². The summed E-state index contributed by atoms with van der Waals surface area (Å²) in [5.41, 5.74) is -0.921. The van der Waals surface area contributed by atoms with Crippen LogP contribution in [0.25, 0.3) is 0 Å². The van der Waals surface area contributed by atoms with Gasteiger partial charge in [0.25, 0.3) is 0 Å². The first-order valence-corrected chi connectivity index (χ1v) is 5.52. The number of para-hydroxylation sites is 1. The first kappa shape index (κ1) is 13.3. The van der Waals surface area contributed by atoms with Crippen molar-refractivity contribution in [3.05, 3.63) is 42.2 Å². The standard InChI is InChI=1S/C11H8F3N3OS/c12-11(13,14)7-3-1-2-4-8(7)15-10(19)16-9-5-6-18-17-9/h1-6H,(H2,15,16,17,19). The predicted molar refractivity (Wildman–Crippen MR) is 67.8 cm³/mol. The molecule has 8 heteroatoms. The Labute approximate surface area is 111 Å². The molecule has 0 fully saturated rings. The van der Waals surface area contributed by atoms with E-state index in [-0.39, 0.29) is 10.8 Å². The first-order valence-electron chi connectivity index (χ1n) is 5.11. The lowest BCUT2D eigenvalue weighted by Gasteiger charge is -2.14. The highest BCUT2D eigenvalue weighted by Crippen LogP contribution is 2.34. The van der Waals surface area contributed by atoms with Gasteiger partial charge >= 0.3 is 6.18 Å². The molecule has 0 aliphatic rings. The summed E-state index contributed by atoms with van der Waals surface area (Å²) >= 11 is 4.90. The quantitative estimate of drug-likeness (QED) is 0.828. The number of hydrogen-bond acceptors (Lipinski definition) is 3. The Bertz CT molecular complexity index is 569. The van der Waals surface area contributed by atoms with Gasteiger partial charge in [0.15, 0.2) is 10.9 Å². The molecule has 0 saturated carbocycles. The lowest BCUT2D eigenvalue weighted by atomic mass is 10.2. The van der Waals surface area contributed by atoms with E-state index in [0.717, 1.165) is 6.07 Å². The number of alkyl halides is 3. The minimum absolute atomic E-state index is 0.00870. The van der Waals surface area contributed by atoms with Gasteiger partial charge < -0.3 is 15.2 Å². The summed E-state index contributed by atoms with van der Waals surface area (Å²) in [6, 6.07) is 6.54. The maximum absolute atomic E-state index is 12.7. The SMILES string of the molecule is FC(F)(F)c1ccccc1NC(=S)Nc1ccon1. The fourth-order valence-electron chi connectivity index (χ4n) is 1.39. The Morgan fingerprint density at radius 3 is 2.53 bits per heavy atom. The topological polar surface area (TPSA) is 50.1 Å². The van der Waals surface area contributed by atoms with Crippen LogP contribution >= 0.6 is 12.2 Å². The number of rotatable bonds is 2. The Morgan fingerprint density at radius 1 is 1.16 bits per heavy atom. The third-order valence-electron chi connectivity index (χ3n) is 2.16. The zero-order valence-corrected chi connectivity index (χ0v) is 10.2. The predicted octanol–water partition coefficient (Wildman–Crippen LogP) is 3.50. The Morgan fingerprint density at radius 2 is 1.89 bits per heavy atom. The number of benzene rings is 1. The van der Waals surface area contributed by atoms with Crippen molar-refractivity contribution in [3.63, 3.8) is 0 Å². The second kappa shape index (κ2) is 5.27. The lowest BCUT2D eigenvalue weighted by Crippen LogP contribution is -2.21. The minimum Gasteiger partial charge on any atom is -0.363 e. The van der Waals surface area contributed by atoms with E-state index in [2.05, 4.69) is 20.3 Å². The van der Waals surface area contributed by atoms with E-state index in [1.807, 2.05) is 0 Å². The van der Waals surface area contributed by atoms with E-state index < -0.39 is 11.7 Å². The lowest BCUT2D eigenvalue weighted by molar-refractivity contribution is -0.136. The van der Waals surface area contributed by atoms with Crippen molar-refractivity contribution < 1.29 is 17.7 Å². The average Bonchev–Trinajstić information content (AvgIpc) is 2.81. The molecule has 1 heterocycles. The van der Waals surface area contributed by atoms with Crippen molar-refractivity contribution in [3.8, 4) is 0 Å². The summed E-state index contributed by atoms with van der Waals surface area (Å²) in [7, 11) is 0. The molecule has 1 aromatic heterocycles. The van der Waals surface area contributed by atoms with Gasteiger partial charge in [-0.05, 0) is 24.4 Å². The van der Waals surface area contributed by atoms with Gasteiger partial charge in [-0.1, -0.05) is 17.3 Å². The van der Waals surface area contributed by atoms with Crippen molar-refractivity contribution in [2.24, 2.45) is 0 Å². The van der Waals surface area contributed by atoms with E-state index in [4.69, 9.17) is 12.2 Å². The molecule has 2 aromatic rings. The number of thiocarbonyl (C=S) groups is 1. The number of anilines is 2. The highest BCUT2D eigenvalue weighted by molar-refractivity contribution is 7.80. The van der Waals surface area contributed by atoms with Crippen LogP contribution in [0.4, 0.5) is 24.7 Å². The van der Waals surface area contributed by atoms with Crippen LogP contribution in [0.15, 0.2) is 41.1 Å². The largest absolute Gasteiger partial charge is 0.418 e. The molecule has 0 atom stereocenters. The molecule has 0 aliphatic heterocycles. The van der Waals surface area contributed by atoms with Gasteiger partial charge in [0, 0.05) is 6.07 Å². The smallest absolute Gasteiger partial charge is 0.363 e. The normalized spacial score (nSPS) is 11.1. The van der Waals surface area contributed by atoms with Crippen LogP contribution in [0.2, 0.25) is 0 Å². The molecule has 2 N–H and O–H groups in total. The highest BCUT2D eigenvalue weighted by Gasteiger charge is 2.33. The molecule has 1 aromatic carbocycles. The maximum atomic E-state index is 12.7. The van der Waals surface area contributed by atoms with Gasteiger partial charge in [-0.15, -0.1) is 0 Å². The molecule has 0 radical (unpaired) electrons. The van der Waals surface area contributed by atoms with Crippen molar-refractivity contribution in [2.75, 3.05) is 10.6 Å². The zero-order valence-electron chi connectivity index (χ0n) is 9.36. The number of hydrogen-bond donors (Lipinski definition) is 2. The molecule has 4 nitrogen and oxygen atoms in total. The zero-order chi connectivity index (χ0) is 13.9. The fraction of sp³-hybridized carbons (Fsp3) is 0.0909. The molecule has 0 spiro atoms. The Hall–Kier alpha value is -2.09. The summed E-state index contributed by atoms with van der Waals surface area (Å²) in [6.07, 6.45) is -3.14. The van der Waals surface area contributed by atoms with Crippen molar-refractivity contribution in [1.29, 1.82) is 0 Å². The van der Waals surface area contributed by atoms with Crippen LogP contribution < -0.4 is 10.6 Å². The third kappa shape index (κ3) is 3.44. The fourth-order valence-corrected chi connectivity index (χ4v) is 1.60. The molecule has 0 unspecified atom stereocenters. The van der Waals surface area contributed by atoms with Crippen LogP contribution in [-0.2, 0) is 6.18 Å². The third-order valence-corrected chi connectivity index (χ3v) is 2.36. The maximum Gasteiger partial charge on any atom is 0.418 e. The molecule has 0 saturated heterocycles. The Kier molecular flexibility index (Phi) is 3.70. The van der Waals surface area contributed by atoms with Crippen molar-refractivity contribution in [1.82, 2.24) is 5.16 Å². The number of halogens is 3. The molecule has 19 heavy (non-hydrogen) atoms. The van der Waals surface area contributed by atoms with E-state index in [1.165, 1.54) is 30.5 Å². The summed E-state index contributed by atoms with van der Waals surface area (Å²) in [5.74, 6) is 0.307. The molecule has 0 bridgehead atoms. The van der Waals surface area contributed by atoms with E-state index in [0.29, 0.717) is 5.82 Å². The van der Waals surface area contributed by atoms with Crippen LogP contribution in [0.3, 0.4) is 0 Å². The number of nitrogens with zero attached hydrogens (tertiary/aromatic N) is 1. The van der Waals surface area contributed by atoms with Gasteiger partial charge in [0.2, 0.25) is 0 Å². The van der Waals surface area contributed by atoms with Crippen LogP contribution in [0.5, 0.6) is 0 Å². The van der Waals surface area contributed by atoms with Crippen LogP contribution in [0, 0.1) is 0 Å². The van der Waals surface area contributed by atoms with E-state index in [1.54, 1.807) is 0 Å². The van der Waals surface area contributed by atoms with Gasteiger partial charge in [-0.2, -0.15) is 13.2 Å². The molecular formula is C11H8F3N3OS. The van der Waals surface area contributed by atoms with E-state index >= 15 is 0 Å².